The molecule has 0 unspecified atom stereocenters. The maximum atomic E-state index is 11.3. The molecular formula is C10H13NO. The topological polar surface area (TPSA) is 30.0 Å². The molecule has 12 heavy (non-hydrogen) atoms. The molecule has 0 aliphatic heterocycles. The van der Waals surface area contributed by atoms with Crippen molar-refractivity contribution in [3.63, 3.8) is 0 Å². The Morgan fingerprint density at radius 2 is 2.17 bits per heavy atom. The number of aromatic nitrogens is 1. The number of carbonyl (C=O) groups excluding carboxylic acids is 1. The fourth-order valence-corrected chi connectivity index (χ4v) is 1.11. The molecule has 0 saturated heterocycles. The van der Waals surface area contributed by atoms with Gasteiger partial charge in [-0.3, -0.25) is 9.78 Å². The third-order valence-corrected chi connectivity index (χ3v) is 1.85. The summed E-state index contributed by atoms with van der Waals surface area (Å²) in [4.78, 5) is 15.5. The fraction of sp³-hybridized carbons (Fsp3) is 0.400. The molecule has 0 bridgehead atoms. The van der Waals surface area contributed by atoms with E-state index >= 15 is 0 Å². The summed E-state index contributed by atoms with van der Waals surface area (Å²) < 4.78 is 0. The molecule has 0 fully saturated rings. The third-order valence-electron chi connectivity index (χ3n) is 1.85. The molecule has 0 aromatic carbocycles. The maximum Gasteiger partial charge on any atom is 0.164 e. The molecule has 0 aliphatic carbocycles. The zero-order chi connectivity index (χ0) is 9.14. The van der Waals surface area contributed by atoms with Gasteiger partial charge in [0.2, 0.25) is 0 Å². The molecule has 1 aromatic heterocycles. The van der Waals surface area contributed by atoms with Crippen LogP contribution in [0.3, 0.4) is 0 Å². The molecule has 0 saturated carbocycles. The highest BCUT2D eigenvalue weighted by molar-refractivity contribution is 5.96. The Morgan fingerprint density at radius 3 is 2.75 bits per heavy atom. The molecule has 2 nitrogen and oxygen atoms in total. The van der Waals surface area contributed by atoms with Gasteiger partial charge in [-0.05, 0) is 25.5 Å². The van der Waals surface area contributed by atoms with E-state index in [9.17, 15) is 4.79 Å². The van der Waals surface area contributed by atoms with Crippen LogP contribution in [0.2, 0.25) is 0 Å². The lowest BCUT2D eigenvalue weighted by Gasteiger charge is -2.02. The monoisotopic (exact) mass is 163 g/mol. The van der Waals surface area contributed by atoms with Crippen molar-refractivity contribution in [2.45, 2.75) is 27.2 Å². The van der Waals surface area contributed by atoms with Crippen LogP contribution in [0.15, 0.2) is 12.3 Å². The zero-order valence-corrected chi connectivity index (χ0v) is 7.72. The quantitative estimate of drug-likeness (QED) is 0.626. The minimum Gasteiger partial charge on any atom is -0.294 e. The van der Waals surface area contributed by atoms with Gasteiger partial charge in [0.15, 0.2) is 5.78 Å². The molecule has 0 amide bonds. The molecule has 0 radical (unpaired) electrons. The number of Topliss-reactive ketones (excluding diaryl/α,β-unsaturated/α-hetero) is 1. The van der Waals surface area contributed by atoms with Crippen LogP contribution >= 0.6 is 0 Å². The van der Waals surface area contributed by atoms with Crippen LogP contribution in [0.4, 0.5) is 0 Å². The Bertz CT molecular complexity index is 305. The van der Waals surface area contributed by atoms with Crippen molar-refractivity contribution >= 4 is 5.78 Å². The average molecular weight is 163 g/mol. The minimum absolute atomic E-state index is 0.170. The summed E-state index contributed by atoms with van der Waals surface area (Å²) in [5.74, 6) is 0.170. The molecule has 64 valence electrons. The Balaban J connectivity index is 3.13. The summed E-state index contributed by atoms with van der Waals surface area (Å²) >= 11 is 0. The molecule has 0 aliphatic rings. The van der Waals surface area contributed by atoms with E-state index in [1.54, 1.807) is 6.20 Å². The number of pyridine rings is 1. The lowest BCUT2D eigenvalue weighted by molar-refractivity contribution is 0.0987. The van der Waals surface area contributed by atoms with Crippen LogP contribution in [0, 0.1) is 13.8 Å². The van der Waals surface area contributed by atoms with Crippen LogP contribution in [-0.4, -0.2) is 10.8 Å². The van der Waals surface area contributed by atoms with Crippen LogP contribution in [0.5, 0.6) is 0 Å². The smallest absolute Gasteiger partial charge is 0.164 e. The summed E-state index contributed by atoms with van der Waals surface area (Å²) in [5, 5.41) is 0. The third kappa shape index (κ3) is 1.70. The summed E-state index contributed by atoms with van der Waals surface area (Å²) in [5.41, 5.74) is 2.63. The molecule has 0 spiro atoms. The first-order chi connectivity index (χ1) is 5.65. The Morgan fingerprint density at radius 1 is 1.50 bits per heavy atom. The molecule has 1 heterocycles. The zero-order valence-electron chi connectivity index (χ0n) is 7.72. The maximum absolute atomic E-state index is 11.3. The van der Waals surface area contributed by atoms with Crippen LogP contribution in [0.1, 0.15) is 35.0 Å². The first-order valence-electron chi connectivity index (χ1n) is 4.11. The van der Waals surface area contributed by atoms with Crippen molar-refractivity contribution in [1.82, 2.24) is 4.98 Å². The Labute approximate surface area is 72.6 Å². The number of carbonyl (C=O) groups is 1. The lowest BCUT2D eigenvalue weighted by Crippen LogP contribution is -2.01. The van der Waals surface area contributed by atoms with Gasteiger partial charge in [-0.15, -0.1) is 0 Å². The Kier molecular flexibility index (Phi) is 2.58. The molecule has 1 rings (SSSR count). The highest BCUT2D eigenvalue weighted by Crippen LogP contribution is 2.09. The van der Waals surface area contributed by atoms with Gasteiger partial charge in [-0.2, -0.15) is 0 Å². The lowest BCUT2D eigenvalue weighted by atomic mass is 10.1. The SMILES string of the molecule is CCC(=O)c1cc(C)cnc1C. The highest BCUT2D eigenvalue weighted by atomic mass is 16.1. The predicted molar refractivity (Wildman–Crippen MR) is 48.3 cm³/mol. The van der Waals surface area contributed by atoms with E-state index in [2.05, 4.69) is 4.98 Å². The van der Waals surface area contributed by atoms with Crippen molar-refractivity contribution in [2.75, 3.05) is 0 Å². The highest BCUT2D eigenvalue weighted by Gasteiger charge is 2.06. The van der Waals surface area contributed by atoms with Crippen molar-refractivity contribution < 1.29 is 4.79 Å². The average Bonchev–Trinajstić information content (AvgIpc) is 2.08. The standard InChI is InChI=1S/C10H13NO/c1-4-10(12)9-5-7(2)6-11-8(9)3/h5-6H,4H2,1-3H3. The molecule has 0 atom stereocenters. The fourth-order valence-electron chi connectivity index (χ4n) is 1.11. The first kappa shape index (κ1) is 8.91. The van der Waals surface area contributed by atoms with Crippen molar-refractivity contribution in [2.24, 2.45) is 0 Å². The van der Waals surface area contributed by atoms with Gasteiger partial charge >= 0.3 is 0 Å². The van der Waals surface area contributed by atoms with E-state index in [1.165, 1.54) is 0 Å². The van der Waals surface area contributed by atoms with E-state index in [0.29, 0.717) is 6.42 Å². The van der Waals surface area contributed by atoms with Crippen molar-refractivity contribution in [3.05, 3.63) is 29.1 Å². The van der Waals surface area contributed by atoms with Gasteiger partial charge in [-0.25, -0.2) is 0 Å². The van der Waals surface area contributed by atoms with Gasteiger partial charge < -0.3 is 0 Å². The van der Waals surface area contributed by atoms with Crippen molar-refractivity contribution in [1.29, 1.82) is 0 Å². The van der Waals surface area contributed by atoms with Gasteiger partial charge in [0.05, 0.1) is 0 Å². The minimum atomic E-state index is 0.170. The number of aryl methyl sites for hydroxylation is 2. The van der Waals surface area contributed by atoms with Gasteiger partial charge in [-0.1, -0.05) is 6.92 Å². The van der Waals surface area contributed by atoms with Crippen LogP contribution < -0.4 is 0 Å². The first-order valence-corrected chi connectivity index (χ1v) is 4.11. The number of ketones is 1. The van der Waals surface area contributed by atoms with E-state index in [0.717, 1.165) is 16.8 Å². The molecular weight excluding hydrogens is 150 g/mol. The van der Waals surface area contributed by atoms with E-state index in [-0.39, 0.29) is 5.78 Å². The molecule has 0 N–H and O–H groups in total. The van der Waals surface area contributed by atoms with E-state index in [4.69, 9.17) is 0 Å². The van der Waals surface area contributed by atoms with E-state index in [1.807, 2.05) is 26.8 Å². The van der Waals surface area contributed by atoms with Crippen LogP contribution in [-0.2, 0) is 0 Å². The summed E-state index contributed by atoms with van der Waals surface area (Å²) in [6, 6.07) is 1.90. The summed E-state index contributed by atoms with van der Waals surface area (Å²) in [6.07, 6.45) is 2.33. The molecule has 2 heteroatoms. The van der Waals surface area contributed by atoms with Crippen LogP contribution in [0.25, 0.3) is 0 Å². The summed E-state index contributed by atoms with van der Waals surface area (Å²) in [7, 11) is 0. The number of rotatable bonds is 2. The van der Waals surface area contributed by atoms with Gasteiger partial charge in [0, 0.05) is 23.9 Å². The van der Waals surface area contributed by atoms with E-state index < -0.39 is 0 Å². The normalized spacial score (nSPS) is 9.92. The van der Waals surface area contributed by atoms with Crippen molar-refractivity contribution in [3.8, 4) is 0 Å². The number of hydrogen-bond donors (Lipinski definition) is 0. The number of hydrogen-bond acceptors (Lipinski definition) is 2. The van der Waals surface area contributed by atoms with Gasteiger partial charge in [0.25, 0.3) is 0 Å². The largest absolute Gasteiger partial charge is 0.294 e. The van der Waals surface area contributed by atoms with Gasteiger partial charge in [0.1, 0.15) is 0 Å². The Hall–Kier alpha value is -1.18. The predicted octanol–water partition coefficient (Wildman–Crippen LogP) is 2.29. The second-order valence-corrected chi connectivity index (χ2v) is 2.92. The number of nitrogens with zero attached hydrogens (tertiary/aromatic N) is 1. The second kappa shape index (κ2) is 3.48. The molecule has 1 aromatic rings. The second-order valence-electron chi connectivity index (χ2n) is 2.92. The summed E-state index contributed by atoms with van der Waals surface area (Å²) in [6.45, 7) is 5.67.